The second kappa shape index (κ2) is 14.0. The van der Waals surface area contributed by atoms with Gasteiger partial charge in [0.1, 0.15) is 6.04 Å². The van der Waals surface area contributed by atoms with Crippen LogP contribution in [0.1, 0.15) is 58.1 Å². The van der Waals surface area contributed by atoms with Crippen LogP contribution >= 0.6 is 23.2 Å². The van der Waals surface area contributed by atoms with Crippen molar-refractivity contribution in [1.29, 1.82) is 0 Å². The first-order chi connectivity index (χ1) is 17.4. The van der Waals surface area contributed by atoms with Crippen LogP contribution in [0.15, 0.2) is 42.5 Å². The molecule has 0 bridgehead atoms. The van der Waals surface area contributed by atoms with E-state index in [1.165, 1.54) is 9.21 Å². The molecule has 10 heteroatoms. The standard InChI is InChI=1S/C27H37Cl2N3O4S/c1-6-19(3)30-27(34)20(4)31(18-23-24(28)10-8-11-25(23)29)26(33)12-9-17-32(37(5,35)36)22-15-13-21(7-2)14-16-22/h8,10-11,13-16,19-20H,6-7,9,12,17-18H2,1-5H3,(H,30,34)/t19-,20-/m1/s1. The summed E-state index contributed by atoms with van der Waals surface area (Å²) in [5.41, 5.74) is 2.20. The van der Waals surface area contributed by atoms with E-state index in [-0.39, 0.29) is 43.8 Å². The highest BCUT2D eigenvalue weighted by Crippen LogP contribution is 2.27. The van der Waals surface area contributed by atoms with Gasteiger partial charge in [0.15, 0.2) is 0 Å². The quantitative estimate of drug-likeness (QED) is 0.348. The fourth-order valence-corrected chi connectivity index (χ4v) is 5.29. The van der Waals surface area contributed by atoms with E-state index in [0.29, 0.717) is 21.3 Å². The lowest BCUT2D eigenvalue weighted by atomic mass is 10.1. The Balaban J connectivity index is 2.22. The summed E-state index contributed by atoms with van der Waals surface area (Å²) in [6.45, 7) is 7.74. The second-order valence-corrected chi connectivity index (χ2v) is 11.9. The van der Waals surface area contributed by atoms with Crippen molar-refractivity contribution in [2.75, 3.05) is 17.1 Å². The van der Waals surface area contributed by atoms with Crippen molar-refractivity contribution in [2.45, 2.75) is 72.0 Å². The Morgan fingerprint density at radius 3 is 2.11 bits per heavy atom. The van der Waals surface area contributed by atoms with E-state index < -0.39 is 16.1 Å². The van der Waals surface area contributed by atoms with Crippen molar-refractivity contribution < 1.29 is 18.0 Å². The van der Waals surface area contributed by atoms with Crippen molar-refractivity contribution in [3.05, 3.63) is 63.6 Å². The van der Waals surface area contributed by atoms with Crippen LogP contribution in [0.2, 0.25) is 10.0 Å². The molecule has 2 aromatic carbocycles. The molecule has 2 aromatic rings. The third-order valence-corrected chi connectivity index (χ3v) is 8.25. The Hall–Kier alpha value is -2.29. The molecule has 0 aliphatic heterocycles. The average molecular weight is 571 g/mol. The molecule has 0 spiro atoms. The van der Waals surface area contributed by atoms with Gasteiger partial charge in [0, 0.05) is 41.2 Å². The van der Waals surface area contributed by atoms with Crippen molar-refractivity contribution in [1.82, 2.24) is 10.2 Å². The van der Waals surface area contributed by atoms with Gasteiger partial charge in [0.2, 0.25) is 21.8 Å². The minimum atomic E-state index is -3.55. The largest absolute Gasteiger partial charge is 0.352 e. The van der Waals surface area contributed by atoms with Crippen molar-refractivity contribution in [3.63, 3.8) is 0 Å². The van der Waals surface area contributed by atoms with E-state index in [1.807, 2.05) is 32.9 Å². The minimum absolute atomic E-state index is 0.0433. The van der Waals surface area contributed by atoms with Gasteiger partial charge in [0.25, 0.3) is 0 Å². The maximum Gasteiger partial charge on any atom is 0.242 e. The number of sulfonamides is 1. The molecule has 0 saturated heterocycles. The van der Waals surface area contributed by atoms with Crippen molar-refractivity contribution in [3.8, 4) is 0 Å². The van der Waals surface area contributed by atoms with Crippen LogP contribution in [0, 0.1) is 0 Å². The predicted molar refractivity (Wildman–Crippen MR) is 152 cm³/mol. The summed E-state index contributed by atoms with van der Waals surface area (Å²) in [5, 5.41) is 3.72. The predicted octanol–water partition coefficient (Wildman–Crippen LogP) is 5.43. The maximum atomic E-state index is 13.4. The SMILES string of the molecule is CCc1ccc(N(CCCC(=O)N(Cc2c(Cl)cccc2Cl)[C@H](C)C(=O)N[C@H](C)CC)S(C)(=O)=O)cc1. The number of carbonyl (C=O) groups is 2. The Labute approximate surface area is 231 Å². The van der Waals surface area contributed by atoms with E-state index in [2.05, 4.69) is 5.32 Å². The summed E-state index contributed by atoms with van der Waals surface area (Å²) in [6.07, 6.45) is 3.07. The Morgan fingerprint density at radius 2 is 1.59 bits per heavy atom. The monoisotopic (exact) mass is 569 g/mol. The highest BCUT2D eigenvalue weighted by Gasteiger charge is 2.28. The number of rotatable bonds is 13. The van der Waals surface area contributed by atoms with E-state index in [4.69, 9.17) is 23.2 Å². The Kier molecular flexibility index (Phi) is 11.7. The lowest BCUT2D eigenvalue weighted by Gasteiger charge is -2.30. The van der Waals surface area contributed by atoms with Crippen LogP contribution in [0.4, 0.5) is 5.69 Å². The molecule has 0 aliphatic carbocycles. The zero-order chi connectivity index (χ0) is 27.8. The first kappa shape index (κ1) is 30.9. The summed E-state index contributed by atoms with van der Waals surface area (Å²) < 4.78 is 26.3. The fourth-order valence-electron chi connectivity index (χ4n) is 3.80. The number of hydrogen-bond acceptors (Lipinski definition) is 4. The molecule has 0 saturated carbocycles. The normalized spacial score (nSPS) is 13.1. The molecule has 0 aromatic heterocycles. The van der Waals surface area contributed by atoms with Crippen LogP contribution in [-0.4, -0.2) is 50.0 Å². The van der Waals surface area contributed by atoms with Gasteiger partial charge in [-0.3, -0.25) is 13.9 Å². The smallest absolute Gasteiger partial charge is 0.242 e. The number of halogens is 2. The summed E-state index contributed by atoms with van der Waals surface area (Å²) >= 11 is 12.7. The fraction of sp³-hybridized carbons (Fsp3) is 0.481. The number of aryl methyl sites for hydroxylation is 1. The van der Waals surface area contributed by atoms with Crippen LogP contribution in [0.5, 0.6) is 0 Å². The molecule has 0 radical (unpaired) electrons. The molecule has 2 amide bonds. The summed E-state index contributed by atoms with van der Waals surface area (Å²) in [4.78, 5) is 27.8. The maximum absolute atomic E-state index is 13.4. The van der Waals surface area contributed by atoms with E-state index in [0.717, 1.165) is 24.7 Å². The van der Waals surface area contributed by atoms with Gasteiger partial charge in [0.05, 0.1) is 11.9 Å². The number of anilines is 1. The van der Waals surface area contributed by atoms with Gasteiger partial charge in [-0.05, 0) is 62.9 Å². The molecular weight excluding hydrogens is 533 g/mol. The van der Waals surface area contributed by atoms with Gasteiger partial charge in [-0.1, -0.05) is 55.2 Å². The topological polar surface area (TPSA) is 86.8 Å². The molecule has 37 heavy (non-hydrogen) atoms. The van der Waals surface area contributed by atoms with E-state index in [1.54, 1.807) is 37.3 Å². The molecule has 0 fully saturated rings. The molecule has 0 heterocycles. The highest BCUT2D eigenvalue weighted by atomic mass is 35.5. The average Bonchev–Trinajstić information content (AvgIpc) is 2.85. The van der Waals surface area contributed by atoms with Gasteiger partial charge < -0.3 is 10.2 Å². The van der Waals surface area contributed by atoms with Gasteiger partial charge in [-0.25, -0.2) is 8.42 Å². The number of benzene rings is 2. The summed E-state index contributed by atoms with van der Waals surface area (Å²) in [7, 11) is -3.55. The van der Waals surface area contributed by atoms with Crippen molar-refractivity contribution >= 4 is 50.7 Å². The lowest BCUT2D eigenvalue weighted by molar-refractivity contribution is -0.140. The highest BCUT2D eigenvalue weighted by molar-refractivity contribution is 7.92. The van der Waals surface area contributed by atoms with Crippen LogP contribution in [-0.2, 0) is 32.6 Å². The van der Waals surface area contributed by atoms with Crippen LogP contribution in [0.25, 0.3) is 0 Å². The molecule has 204 valence electrons. The Morgan fingerprint density at radius 1 is 1.00 bits per heavy atom. The molecule has 1 N–H and O–H groups in total. The lowest BCUT2D eigenvalue weighted by Crippen LogP contribution is -2.49. The minimum Gasteiger partial charge on any atom is -0.352 e. The second-order valence-electron chi connectivity index (χ2n) is 9.17. The number of amides is 2. The molecule has 2 rings (SSSR count). The number of nitrogens with one attached hydrogen (secondary N) is 1. The molecule has 0 unspecified atom stereocenters. The van der Waals surface area contributed by atoms with Gasteiger partial charge >= 0.3 is 0 Å². The first-order valence-electron chi connectivity index (χ1n) is 12.5. The number of carbonyl (C=O) groups excluding carboxylic acids is 2. The molecular formula is C27H37Cl2N3O4S. The third-order valence-electron chi connectivity index (χ3n) is 6.34. The van der Waals surface area contributed by atoms with E-state index in [9.17, 15) is 18.0 Å². The molecule has 7 nitrogen and oxygen atoms in total. The zero-order valence-electron chi connectivity index (χ0n) is 22.1. The molecule has 0 aliphatic rings. The van der Waals surface area contributed by atoms with E-state index >= 15 is 0 Å². The van der Waals surface area contributed by atoms with Crippen molar-refractivity contribution in [2.24, 2.45) is 0 Å². The van der Waals surface area contributed by atoms with Crippen LogP contribution in [0.3, 0.4) is 0 Å². The van der Waals surface area contributed by atoms with Gasteiger partial charge in [-0.15, -0.1) is 0 Å². The molecule has 2 atom stereocenters. The zero-order valence-corrected chi connectivity index (χ0v) is 24.5. The first-order valence-corrected chi connectivity index (χ1v) is 15.1. The number of nitrogens with zero attached hydrogens (tertiary/aromatic N) is 2. The Bertz CT molecular complexity index is 1150. The summed E-state index contributed by atoms with van der Waals surface area (Å²) in [6, 6.07) is 11.6. The van der Waals surface area contributed by atoms with Crippen LogP contribution < -0.4 is 9.62 Å². The van der Waals surface area contributed by atoms with Gasteiger partial charge in [-0.2, -0.15) is 0 Å². The number of hydrogen-bond donors (Lipinski definition) is 1. The summed E-state index contributed by atoms with van der Waals surface area (Å²) in [5.74, 6) is -0.572. The third kappa shape index (κ3) is 8.90.